The summed E-state index contributed by atoms with van der Waals surface area (Å²) in [5.74, 6) is -0.588. The van der Waals surface area contributed by atoms with Gasteiger partial charge in [-0.3, -0.25) is 19.9 Å². The van der Waals surface area contributed by atoms with Gasteiger partial charge in [0.05, 0.1) is 17.2 Å². The largest absolute Gasteiger partial charge is 0.350 e. The Bertz CT molecular complexity index is 553. The van der Waals surface area contributed by atoms with Gasteiger partial charge in [-0.1, -0.05) is 19.0 Å². The average molecular weight is 278 g/mol. The fraction of sp³-hybridized carbons (Fsp3) is 0.455. The van der Waals surface area contributed by atoms with Crippen molar-refractivity contribution < 1.29 is 9.72 Å². The van der Waals surface area contributed by atoms with E-state index < -0.39 is 16.9 Å². The fourth-order valence-electron chi connectivity index (χ4n) is 1.50. The second-order valence-corrected chi connectivity index (χ2v) is 4.37. The molecule has 106 valence electrons. The Labute approximate surface area is 114 Å². The predicted molar refractivity (Wildman–Crippen MR) is 70.5 cm³/mol. The van der Waals surface area contributed by atoms with E-state index in [1.165, 1.54) is 18.3 Å². The number of nitrogens with zero attached hydrogens (tertiary/aromatic N) is 5. The van der Waals surface area contributed by atoms with Gasteiger partial charge in [-0.05, 0) is 11.4 Å². The van der Waals surface area contributed by atoms with Crippen molar-refractivity contribution in [3.05, 3.63) is 44.6 Å². The van der Waals surface area contributed by atoms with Gasteiger partial charge in [0.25, 0.3) is 5.69 Å². The SMILES string of the molecule is CC(C)[C@H](N=[N+]=[N-])C(=O)NCc1cc([N+](=O)[O-])ccn1. The number of aromatic nitrogens is 1. The van der Waals surface area contributed by atoms with E-state index in [4.69, 9.17) is 5.53 Å². The van der Waals surface area contributed by atoms with Gasteiger partial charge >= 0.3 is 0 Å². The number of azide groups is 1. The van der Waals surface area contributed by atoms with Gasteiger partial charge in [-0.2, -0.15) is 0 Å². The summed E-state index contributed by atoms with van der Waals surface area (Å²) in [6.45, 7) is 3.54. The van der Waals surface area contributed by atoms with Crippen molar-refractivity contribution in [3.63, 3.8) is 0 Å². The molecule has 0 unspecified atom stereocenters. The van der Waals surface area contributed by atoms with Crippen LogP contribution in [0.15, 0.2) is 23.4 Å². The summed E-state index contributed by atoms with van der Waals surface area (Å²) in [6.07, 6.45) is 1.30. The van der Waals surface area contributed by atoms with Gasteiger partial charge in [0, 0.05) is 23.2 Å². The number of carbonyl (C=O) groups excluding carboxylic acids is 1. The number of nitrogens with one attached hydrogen (secondary N) is 1. The molecule has 0 aliphatic carbocycles. The number of hydrogen-bond acceptors (Lipinski definition) is 5. The van der Waals surface area contributed by atoms with Crippen LogP contribution >= 0.6 is 0 Å². The van der Waals surface area contributed by atoms with Crippen LogP contribution in [-0.2, 0) is 11.3 Å². The van der Waals surface area contributed by atoms with Crippen molar-refractivity contribution in [2.24, 2.45) is 11.0 Å². The van der Waals surface area contributed by atoms with E-state index in [9.17, 15) is 14.9 Å². The third-order valence-corrected chi connectivity index (χ3v) is 2.53. The van der Waals surface area contributed by atoms with Crippen LogP contribution in [0.2, 0.25) is 0 Å². The molecule has 1 N–H and O–H groups in total. The molecule has 0 saturated carbocycles. The van der Waals surface area contributed by atoms with Gasteiger partial charge < -0.3 is 5.32 Å². The lowest BCUT2D eigenvalue weighted by molar-refractivity contribution is -0.385. The first kappa shape index (κ1) is 15.4. The van der Waals surface area contributed by atoms with Crippen molar-refractivity contribution in [1.29, 1.82) is 0 Å². The van der Waals surface area contributed by atoms with E-state index in [1.807, 2.05) is 0 Å². The Kier molecular flexibility index (Phi) is 5.42. The summed E-state index contributed by atoms with van der Waals surface area (Å²) in [6, 6.07) is 1.72. The molecule has 0 bridgehead atoms. The Morgan fingerprint density at radius 2 is 2.35 bits per heavy atom. The minimum absolute atomic E-state index is 0.0324. The number of pyridine rings is 1. The smallest absolute Gasteiger partial charge is 0.272 e. The highest BCUT2D eigenvalue weighted by atomic mass is 16.6. The Hall–Kier alpha value is -2.67. The lowest BCUT2D eigenvalue weighted by Gasteiger charge is -2.14. The van der Waals surface area contributed by atoms with Crippen LogP contribution in [0.4, 0.5) is 5.69 Å². The average Bonchev–Trinajstić information content (AvgIpc) is 2.42. The second kappa shape index (κ2) is 7.05. The van der Waals surface area contributed by atoms with Crippen molar-refractivity contribution in [2.45, 2.75) is 26.4 Å². The first-order chi connectivity index (χ1) is 9.45. The molecule has 1 amide bonds. The summed E-state index contributed by atoms with van der Waals surface area (Å²) >= 11 is 0. The minimum Gasteiger partial charge on any atom is -0.350 e. The van der Waals surface area contributed by atoms with Gasteiger partial charge in [0.15, 0.2) is 0 Å². The van der Waals surface area contributed by atoms with Crippen molar-refractivity contribution in [1.82, 2.24) is 10.3 Å². The van der Waals surface area contributed by atoms with E-state index in [0.29, 0.717) is 5.69 Å². The molecule has 0 saturated heterocycles. The van der Waals surface area contributed by atoms with Crippen molar-refractivity contribution in [3.8, 4) is 0 Å². The van der Waals surface area contributed by atoms with E-state index in [0.717, 1.165) is 0 Å². The third-order valence-electron chi connectivity index (χ3n) is 2.53. The number of carbonyl (C=O) groups is 1. The summed E-state index contributed by atoms with van der Waals surface area (Å²) in [5, 5.41) is 16.6. The zero-order valence-electron chi connectivity index (χ0n) is 11.1. The molecule has 0 fully saturated rings. The Morgan fingerprint density at radius 1 is 1.65 bits per heavy atom. The summed E-state index contributed by atoms with van der Waals surface area (Å²) < 4.78 is 0. The molecule has 20 heavy (non-hydrogen) atoms. The van der Waals surface area contributed by atoms with Gasteiger partial charge in [0.2, 0.25) is 5.91 Å². The van der Waals surface area contributed by atoms with Crippen LogP contribution in [0.3, 0.4) is 0 Å². The standard InChI is InChI=1S/C11H14N6O3/c1-7(2)10(15-16-12)11(18)14-6-8-5-9(17(19)20)3-4-13-8/h3-5,7,10H,6H2,1-2H3,(H,14,18)/t10-/m0/s1. The Balaban J connectivity index is 2.71. The lowest BCUT2D eigenvalue weighted by Crippen LogP contribution is -2.36. The van der Waals surface area contributed by atoms with Crippen LogP contribution in [0.25, 0.3) is 10.4 Å². The molecule has 9 nitrogen and oxygen atoms in total. The first-order valence-corrected chi connectivity index (χ1v) is 5.87. The molecule has 0 aliphatic rings. The minimum atomic E-state index is -0.821. The molecule has 0 aliphatic heterocycles. The molecule has 1 heterocycles. The second-order valence-electron chi connectivity index (χ2n) is 4.37. The highest BCUT2D eigenvalue weighted by Gasteiger charge is 2.20. The summed E-state index contributed by atoms with van der Waals surface area (Å²) in [4.78, 5) is 28.5. The zero-order valence-corrected chi connectivity index (χ0v) is 11.1. The predicted octanol–water partition coefficient (Wildman–Crippen LogP) is 1.94. The first-order valence-electron chi connectivity index (χ1n) is 5.87. The van der Waals surface area contributed by atoms with Crippen LogP contribution in [0.1, 0.15) is 19.5 Å². The molecule has 0 aromatic carbocycles. The van der Waals surface area contributed by atoms with Crippen LogP contribution in [-0.4, -0.2) is 21.9 Å². The molecule has 1 atom stereocenters. The normalized spacial score (nSPS) is 11.6. The molecule has 0 spiro atoms. The van der Waals surface area contributed by atoms with Crippen LogP contribution < -0.4 is 5.32 Å². The summed E-state index contributed by atoms with van der Waals surface area (Å²) in [5.41, 5.74) is 8.67. The maximum Gasteiger partial charge on any atom is 0.272 e. The maximum absolute atomic E-state index is 11.8. The van der Waals surface area contributed by atoms with Gasteiger partial charge in [-0.25, -0.2) is 0 Å². The number of nitro groups is 1. The Morgan fingerprint density at radius 3 is 2.90 bits per heavy atom. The van der Waals surface area contributed by atoms with Crippen LogP contribution in [0.5, 0.6) is 0 Å². The highest BCUT2D eigenvalue weighted by molar-refractivity contribution is 5.82. The molecule has 1 rings (SSSR count). The highest BCUT2D eigenvalue weighted by Crippen LogP contribution is 2.11. The van der Waals surface area contributed by atoms with Crippen molar-refractivity contribution >= 4 is 11.6 Å². The zero-order chi connectivity index (χ0) is 15.1. The van der Waals surface area contributed by atoms with E-state index in [1.54, 1.807) is 13.8 Å². The lowest BCUT2D eigenvalue weighted by atomic mass is 10.0. The quantitative estimate of drug-likeness (QED) is 0.279. The fourth-order valence-corrected chi connectivity index (χ4v) is 1.50. The van der Waals surface area contributed by atoms with Crippen LogP contribution in [0, 0.1) is 16.0 Å². The van der Waals surface area contributed by atoms with E-state index >= 15 is 0 Å². The molecule has 9 heteroatoms. The number of rotatable bonds is 6. The topological polar surface area (TPSA) is 134 Å². The monoisotopic (exact) mass is 278 g/mol. The molecular weight excluding hydrogens is 264 g/mol. The number of amides is 1. The van der Waals surface area contributed by atoms with E-state index in [-0.39, 0.29) is 18.2 Å². The maximum atomic E-state index is 11.8. The van der Waals surface area contributed by atoms with Gasteiger partial charge in [-0.15, -0.1) is 0 Å². The molecular formula is C11H14N6O3. The third kappa shape index (κ3) is 4.21. The molecule has 1 aromatic heterocycles. The number of hydrogen-bond donors (Lipinski definition) is 1. The molecule has 1 aromatic rings. The van der Waals surface area contributed by atoms with Crippen molar-refractivity contribution in [2.75, 3.05) is 0 Å². The molecule has 0 radical (unpaired) electrons. The van der Waals surface area contributed by atoms with E-state index in [2.05, 4.69) is 20.3 Å². The van der Waals surface area contributed by atoms with Gasteiger partial charge in [0.1, 0.15) is 6.04 Å². The summed E-state index contributed by atoms with van der Waals surface area (Å²) in [7, 11) is 0.